The molecule has 8 rings (SSSR count). The van der Waals surface area contributed by atoms with Crippen LogP contribution in [0.3, 0.4) is 0 Å². The number of hydrogen-bond donors (Lipinski definition) is 0. The van der Waals surface area contributed by atoms with Gasteiger partial charge in [-0.2, -0.15) is 26.3 Å². The van der Waals surface area contributed by atoms with Crippen molar-refractivity contribution in [2.45, 2.75) is 64.7 Å². The third-order valence-electron chi connectivity index (χ3n) is 9.34. The highest BCUT2D eigenvalue weighted by molar-refractivity contribution is 6.27. The van der Waals surface area contributed by atoms with Gasteiger partial charge in [-0.3, -0.25) is 18.4 Å². The molecule has 4 aromatic heterocycles. The lowest BCUT2D eigenvalue weighted by Gasteiger charge is -2.25. The smallest absolute Gasteiger partial charge is 0.268 e. The molecular weight excluding hydrogens is 634 g/mol. The largest absolute Gasteiger partial charge is 0.418 e. The Labute approximate surface area is 266 Å². The molecule has 0 spiro atoms. The van der Waals surface area contributed by atoms with Crippen molar-refractivity contribution in [1.82, 2.24) is 18.8 Å². The molecule has 0 aliphatic carbocycles. The van der Waals surface area contributed by atoms with Crippen LogP contribution in [0.2, 0.25) is 0 Å². The zero-order valence-corrected chi connectivity index (χ0v) is 26.5. The second kappa shape index (κ2) is 8.91. The number of hydrogen-bond acceptors (Lipinski definition) is 4. The first-order valence-electron chi connectivity index (χ1n) is 15.2. The van der Waals surface area contributed by atoms with Gasteiger partial charge < -0.3 is 0 Å². The maximum absolute atomic E-state index is 14.4. The summed E-state index contributed by atoms with van der Waals surface area (Å²) in [5, 5.41) is 1.68. The van der Waals surface area contributed by atoms with Crippen LogP contribution < -0.4 is 11.1 Å². The van der Waals surface area contributed by atoms with Crippen LogP contribution in [0, 0.1) is 0 Å². The fourth-order valence-corrected chi connectivity index (χ4v) is 6.98. The van der Waals surface area contributed by atoms with Crippen LogP contribution in [0.5, 0.6) is 0 Å². The molecule has 0 N–H and O–H groups in total. The van der Waals surface area contributed by atoms with E-state index < -0.39 is 45.6 Å². The van der Waals surface area contributed by atoms with Gasteiger partial charge in [0.2, 0.25) is 0 Å². The van der Waals surface area contributed by atoms with Gasteiger partial charge in [0.25, 0.3) is 11.1 Å². The minimum absolute atomic E-state index is 0.00810. The van der Waals surface area contributed by atoms with Crippen molar-refractivity contribution in [2.75, 3.05) is 0 Å². The van der Waals surface area contributed by atoms with E-state index in [1.54, 1.807) is 10.5 Å². The van der Waals surface area contributed by atoms with E-state index in [-0.39, 0.29) is 44.1 Å². The maximum Gasteiger partial charge on any atom is 0.418 e. The number of fused-ring (bicyclic) bond motifs is 8. The van der Waals surface area contributed by atoms with Gasteiger partial charge in [-0.1, -0.05) is 47.6 Å². The second-order valence-electron chi connectivity index (χ2n) is 14.5. The van der Waals surface area contributed by atoms with E-state index in [1.807, 2.05) is 6.07 Å². The summed E-state index contributed by atoms with van der Waals surface area (Å²) in [4.78, 5) is 37.5. The van der Waals surface area contributed by atoms with E-state index in [4.69, 9.17) is 4.98 Å². The Kier molecular flexibility index (Phi) is 5.63. The lowest BCUT2D eigenvalue weighted by molar-refractivity contribution is -0.142. The van der Waals surface area contributed by atoms with Crippen molar-refractivity contribution in [3.63, 3.8) is 0 Å². The number of imidazole rings is 2. The van der Waals surface area contributed by atoms with Gasteiger partial charge in [-0.05, 0) is 64.4 Å². The van der Waals surface area contributed by atoms with E-state index in [1.165, 1.54) is 18.2 Å². The Hall–Kier alpha value is -5.00. The molecule has 48 heavy (non-hydrogen) atoms. The van der Waals surface area contributed by atoms with Gasteiger partial charge >= 0.3 is 12.4 Å². The van der Waals surface area contributed by atoms with Crippen molar-refractivity contribution >= 4 is 65.7 Å². The molecule has 0 fully saturated rings. The average Bonchev–Trinajstić information content (AvgIpc) is 3.55. The molecule has 0 saturated heterocycles. The van der Waals surface area contributed by atoms with Crippen molar-refractivity contribution in [3.05, 3.63) is 91.5 Å². The minimum Gasteiger partial charge on any atom is -0.268 e. The molecule has 6 nitrogen and oxygen atoms in total. The Balaban J connectivity index is 1.58. The van der Waals surface area contributed by atoms with Gasteiger partial charge in [0.1, 0.15) is 16.8 Å². The monoisotopic (exact) mass is 660 g/mol. The Morgan fingerprint density at radius 3 is 1.35 bits per heavy atom. The molecule has 0 atom stereocenters. The van der Waals surface area contributed by atoms with E-state index >= 15 is 0 Å². The van der Waals surface area contributed by atoms with E-state index in [2.05, 4.69) is 52.6 Å². The van der Waals surface area contributed by atoms with Crippen molar-refractivity contribution in [3.8, 4) is 0 Å². The third kappa shape index (κ3) is 3.94. The molecule has 0 saturated carbocycles. The molecule has 0 bridgehead atoms. The summed E-state index contributed by atoms with van der Waals surface area (Å²) in [6.45, 7) is 12.4. The molecule has 0 radical (unpaired) electrons. The highest BCUT2D eigenvalue weighted by Crippen LogP contribution is 2.43. The summed E-state index contributed by atoms with van der Waals surface area (Å²) >= 11 is 0. The first-order chi connectivity index (χ1) is 22.2. The van der Waals surface area contributed by atoms with Gasteiger partial charge in [-0.15, -0.1) is 0 Å². The van der Waals surface area contributed by atoms with Crippen LogP contribution in [0.15, 0.2) is 58.1 Å². The van der Waals surface area contributed by atoms with E-state index in [0.717, 1.165) is 15.5 Å². The van der Waals surface area contributed by atoms with Crippen molar-refractivity contribution < 1.29 is 26.3 Å². The van der Waals surface area contributed by atoms with E-state index in [0.29, 0.717) is 33.5 Å². The summed E-state index contributed by atoms with van der Waals surface area (Å²) in [6, 6.07) is 10.7. The predicted octanol–water partition coefficient (Wildman–Crippen LogP) is 8.98. The fraction of sp³-hybridized carbons (Fsp3) is 0.278. The molecule has 0 aliphatic rings. The molecule has 0 amide bonds. The maximum atomic E-state index is 14.4. The zero-order chi connectivity index (χ0) is 34.6. The highest BCUT2D eigenvalue weighted by atomic mass is 19.4. The topological polar surface area (TPSA) is 68.7 Å². The van der Waals surface area contributed by atoms with Crippen LogP contribution in [0.25, 0.3) is 65.7 Å². The predicted molar refractivity (Wildman–Crippen MR) is 174 cm³/mol. The van der Waals surface area contributed by atoms with Gasteiger partial charge in [0.15, 0.2) is 0 Å². The second-order valence-corrected chi connectivity index (χ2v) is 14.5. The van der Waals surface area contributed by atoms with Crippen LogP contribution in [-0.2, 0) is 23.2 Å². The molecule has 0 unspecified atom stereocenters. The summed E-state index contributed by atoms with van der Waals surface area (Å²) in [7, 11) is 0. The number of nitrogens with zero attached hydrogens (tertiary/aromatic N) is 4. The Morgan fingerprint density at radius 2 is 0.938 bits per heavy atom. The van der Waals surface area contributed by atoms with Crippen LogP contribution in [-0.4, -0.2) is 18.8 Å². The SMILES string of the molecule is CC(C)(C)c1cc(C(C)(C)C)c2nc3c4ccc5c(=O)n6c7cc(C(F)(F)F)cc(C(F)(F)F)c7nc6c6ccc(c(=O)n3c2c1)c4c56. The molecule has 8 aromatic rings. The van der Waals surface area contributed by atoms with Gasteiger partial charge in [0, 0.05) is 32.3 Å². The Bertz CT molecular complexity index is 2620. The Morgan fingerprint density at radius 1 is 0.521 bits per heavy atom. The molecular formula is C36H26F6N4O2. The minimum atomic E-state index is -5.18. The van der Waals surface area contributed by atoms with Crippen LogP contribution in [0.1, 0.15) is 63.8 Å². The molecule has 4 heterocycles. The number of rotatable bonds is 0. The lowest BCUT2D eigenvalue weighted by Crippen LogP contribution is -2.18. The number of pyridine rings is 2. The van der Waals surface area contributed by atoms with E-state index in [9.17, 15) is 35.9 Å². The summed E-state index contributed by atoms with van der Waals surface area (Å²) in [5.41, 5.74) is -3.03. The number of aromatic nitrogens is 4. The first kappa shape index (κ1) is 30.3. The number of benzene rings is 4. The van der Waals surface area contributed by atoms with Crippen molar-refractivity contribution in [1.29, 1.82) is 0 Å². The van der Waals surface area contributed by atoms with Crippen LogP contribution >= 0.6 is 0 Å². The summed E-state index contributed by atoms with van der Waals surface area (Å²) in [5.74, 6) is 0. The lowest BCUT2D eigenvalue weighted by atomic mass is 9.80. The van der Waals surface area contributed by atoms with Crippen LogP contribution in [0.4, 0.5) is 26.3 Å². The number of halogens is 6. The standard InChI is InChI=1S/C36H26F6N4O2/c1-33(2,3)15-11-21(34(4,5)6)27-23(13-15)45-29(43-27)17-7-9-20-26-18(8-10-19(25(17)26)31(45)47)30-44-28-22(36(40,41)42)12-16(35(37,38)39)14-24(28)46(30)32(20)48/h7-14H,1-6H3. The molecule has 0 aliphatic heterocycles. The highest BCUT2D eigenvalue weighted by Gasteiger charge is 2.40. The quantitative estimate of drug-likeness (QED) is 0.120. The van der Waals surface area contributed by atoms with Gasteiger partial charge in [-0.25, -0.2) is 9.97 Å². The zero-order valence-electron chi connectivity index (χ0n) is 26.5. The van der Waals surface area contributed by atoms with Crippen molar-refractivity contribution in [2.24, 2.45) is 0 Å². The number of alkyl halides is 6. The molecule has 12 heteroatoms. The summed E-state index contributed by atoms with van der Waals surface area (Å²) in [6.07, 6.45) is -10.3. The first-order valence-corrected chi connectivity index (χ1v) is 15.2. The molecule has 244 valence electrons. The summed E-state index contributed by atoms with van der Waals surface area (Å²) < 4.78 is 86.0. The molecule has 4 aromatic carbocycles. The average molecular weight is 661 g/mol. The van der Waals surface area contributed by atoms with Gasteiger partial charge in [0.05, 0.1) is 27.7 Å². The normalized spacial score (nSPS) is 14.0. The fourth-order valence-electron chi connectivity index (χ4n) is 6.98. The third-order valence-corrected chi connectivity index (χ3v) is 9.34.